The Morgan fingerprint density at radius 1 is 1.42 bits per heavy atom. The van der Waals surface area contributed by atoms with Crippen molar-refractivity contribution in [2.24, 2.45) is 0 Å². The van der Waals surface area contributed by atoms with Gasteiger partial charge in [-0.15, -0.1) is 0 Å². The van der Waals surface area contributed by atoms with E-state index in [-0.39, 0.29) is 6.10 Å². The lowest BCUT2D eigenvalue weighted by molar-refractivity contribution is 0.240. The fraction of sp³-hybridized carbons (Fsp3) is 0.333. The minimum atomic E-state index is 0.210. The Kier molecular flexibility index (Phi) is 3.20. The third kappa shape index (κ3) is 2.55. The van der Waals surface area contributed by atoms with E-state index >= 15 is 0 Å². The highest BCUT2D eigenvalue weighted by Gasteiger charge is 2.02. The molecule has 1 aromatic carbocycles. The van der Waals surface area contributed by atoms with E-state index in [4.69, 9.17) is 10.5 Å². The lowest BCUT2D eigenvalue weighted by Crippen LogP contribution is -2.06. The molecule has 2 N–H and O–H groups in total. The van der Waals surface area contributed by atoms with Crippen LogP contribution >= 0.6 is 22.6 Å². The van der Waals surface area contributed by atoms with E-state index in [1.807, 2.05) is 32.0 Å². The predicted molar refractivity (Wildman–Crippen MR) is 59.3 cm³/mol. The maximum atomic E-state index is 5.60. The summed E-state index contributed by atoms with van der Waals surface area (Å²) >= 11 is 2.21. The van der Waals surface area contributed by atoms with Crippen molar-refractivity contribution < 1.29 is 4.74 Å². The average molecular weight is 277 g/mol. The van der Waals surface area contributed by atoms with Gasteiger partial charge in [0.2, 0.25) is 0 Å². The highest BCUT2D eigenvalue weighted by atomic mass is 127. The Labute approximate surface area is 86.2 Å². The van der Waals surface area contributed by atoms with E-state index in [9.17, 15) is 0 Å². The highest BCUT2D eigenvalue weighted by molar-refractivity contribution is 14.1. The molecule has 0 amide bonds. The van der Waals surface area contributed by atoms with Gasteiger partial charge >= 0.3 is 0 Å². The Morgan fingerprint density at radius 3 is 2.58 bits per heavy atom. The molecule has 0 heterocycles. The van der Waals surface area contributed by atoms with E-state index in [1.165, 1.54) is 0 Å². The molecule has 0 aliphatic carbocycles. The largest absolute Gasteiger partial charge is 0.490 e. The van der Waals surface area contributed by atoms with Gasteiger partial charge in [0.05, 0.1) is 9.67 Å². The van der Waals surface area contributed by atoms with Gasteiger partial charge in [-0.25, -0.2) is 0 Å². The van der Waals surface area contributed by atoms with Crippen LogP contribution in [-0.4, -0.2) is 6.10 Å². The molecule has 0 saturated carbocycles. The van der Waals surface area contributed by atoms with E-state index in [1.54, 1.807) is 0 Å². The maximum Gasteiger partial charge on any atom is 0.133 e. The first-order valence-electron chi connectivity index (χ1n) is 3.81. The fourth-order valence-electron chi connectivity index (χ4n) is 0.867. The van der Waals surface area contributed by atoms with Crippen LogP contribution in [-0.2, 0) is 0 Å². The smallest absolute Gasteiger partial charge is 0.133 e. The molecule has 0 aromatic heterocycles. The van der Waals surface area contributed by atoms with Crippen molar-refractivity contribution in [3.05, 3.63) is 21.8 Å². The number of ether oxygens (including phenoxy) is 1. The van der Waals surface area contributed by atoms with Crippen molar-refractivity contribution in [3.8, 4) is 5.75 Å². The molecule has 1 aromatic rings. The van der Waals surface area contributed by atoms with Gasteiger partial charge in [0.25, 0.3) is 0 Å². The highest BCUT2D eigenvalue weighted by Crippen LogP contribution is 2.23. The Morgan fingerprint density at radius 2 is 2.08 bits per heavy atom. The summed E-state index contributed by atoms with van der Waals surface area (Å²) in [6.07, 6.45) is 0.210. The zero-order chi connectivity index (χ0) is 9.14. The summed E-state index contributed by atoms with van der Waals surface area (Å²) in [6, 6.07) is 5.65. The van der Waals surface area contributed by atoms with Crippen molar-refractivity contribution in [3.63, 3.8) is 0 Å². The molecule has 0 bridgehead atoms. The van der Waals surface area contributed by atoms with Crippen molar-refractivity contribution in [2.45, 2.75) is 20.0 Å². The van der Waals surface area contributed by atoms with Crippen LogP contribution in [0, 0.1) is 3.57 Å². The van der Waals surface area contributed by atoms with Crippen LogP contribution < -0.4 is 10.5 Å². The van der Waals surface area contributed by atoms with Crippen LogP contribution in [0.4, 0.5) is 5.69 Å². The van der Waals surface area contributed by atoms with E-state index in [0.29, 0.717) is 0 Å². The van der Waals surface area contributed by atoms with E-state index < -0.39 is 0 Å². The third-order valence-corrected chi connectivity index (χ3v) is 2.16. The minimum Gasteiger partial charge on any atom is -0.490 e. The Balaban J connectivity index is 2.86. The summed E-state index contributed by atoms with van der Waals surface area (Å²) in [7, 11) is 0. The van der Waals surface area contributed by atoms with Crippen molar-refractivity contribution in [2.75, 3.05) is 5.73 Å². The van der Waals surface area contributed by atoms with Crippen LogP contribution in [0.15, 0.2) is 18.2 Å². The predicted octanol–water partition coefficient (Wildman–Crippen LogP) is 2.66. The fourth-order valence-corrected chi connectivity index (χ4v) is 1.53. The van der Waals surface area contributed by atoms with Crippen LogP contribution in [0.5, 0.6) is 5.75 Å². The van der Waals surface area contributed by atoms with Gasteiger partial charge in [0, 0.05) is 5.69 Å². The third-order valence-electron chi connectivity index (χ3n) is 1.32. The lowest BCUT2D eigenvalue weighted by Gasteiger charge is -2.11. The zero-order valence-electron chi connectivity index (χ0n) is 7.17. The molecule has 3 heteroatoms. The summed E-state index contributed by atoms with van der Waals surface area (Å²) in [4.78, 5) is 0. The summed E-state index contributed by atoms with van der Waals surface area (Å²) in [6.45, 7) is 4.01. The standard InChI is InChI=1S/C9H12INO/c1-6(2)12-9-4-3-7(11)5-8(9)10/h3-6H,11H2,1-2H3. The Hall–Kier alpha value is -0.450. The normalized spacial score (nSPS) is 10.3. The zero-order valence-corrected chi connectivity index (χ0v) is 9.33. The molecule has 2 nitrogen and oxygen atoms in total. The van der Waals surface area contributed by atoms with Crippen LogP contribution in [0.1, 0.15) is 13.8 Å². The number of nitrogen functional groups attached to an aromatic ring is 1. The molecule has 12 heavy (non-hydrogen) atoms. The summed E-state index contributed by atoms with van der Waals surface area (Å²) in [5, 5.41) is 0. The molecule has 0 fully saturated rings. The lowest BCUT2D eigenvalue weighted by atomic mass is 10.3. The van der Waals surface area contributed by atoms with Gasteiger partial charge in [-0.1, -0.05) is 0 Å². The molecule has 0 saturated heterocycles. The van der Waals surface area contributed by atoms with Gasteiger partial charge in [0.1, 0.15) is 5.75 Å². The molecule has 1 rings (SSSR count). The van der Waals surface area contributed by atoms with Gasteiger partial charge < -0.3 is 10.5 Å². The first kappa shape index (κ1) is 9.64. The average Bonchev–Trinajstić information content (AvgIpc) is 1.94. The van der Waals surface area contributed by atoms with Crippen LogP contribution in [0.3, 0.4) is 0 Å². The molecule has 0 unspecified atom stereocenters. The summed E-state index contributed by atoms with van der Waals surface area (Å²) < 4.78 is 6.59. The van der Waals surface area contributed by atoms with E-state index in [0.717, 1.165) is 15.0 Å². The number of benzene rings is 1. The van der Waals surface area contributed by atoms with Gasteiger partial charge in [-0.2, -0.15) is 0 Å². The molecular weight excluding hydrogens is 265 g/mol. The quantitative estimate of drug-likeness (QED) is 0.666. The van der Waals surface area contributed by atoms with Gasteiger partial charge in [-0.05, 0) is 54.6 Å². The molecule has 0 radical (unpaired) electrons. The van der Waals surface area contributed by atoms with Gasteiger partial charge in [-0.3, -0.25) is 0 Å². The van der Waals surface area contributed by atoms with E-state index in [2.05, 4.69) is 22.6 Å². The molecular formula is C9H12INO. The number of hydrogen-bond acceptors (Lipinski definition) is 2. The molecule has 0 aliphatic heterocycles. The first-order valence-corrected chi connectivity index (χ1v) is 4.89. The molecule has 0 atom stereocenters. The van der Waals surface area contributed by atoms with Crippen molar-refractivity contribution >= 4 is 28.3 Å². The SMILES string of the molecule is CC(C)Oc1ccc(N)cc1I. The van der Waals surface area contributed by atoms with Crippen molar-refractivity contribution in [1.29, 1.82) is 0 Å². The summed E-state index contributed by atoms with van der Waals surface area (Å²) in [5.41, 5.74) is 6.37. The number of rotatable bonds is 2. The first-order chi connectivity index (χ1) is 5.59. The molecule has 66 valence electrons. The number of anilines is 1. The molecule has 0 spiro atoms. The second-order valence-electron chi connectivity index (χ2n) is 2.86. The van der Waals surface area contributed by atoms with Crippen LogP contribution in [0.25, 0.3) is 0 Å². The number of nitrogens with two attached hydrogens (primary N) is 1. The number of halogens is 1. The van der Waals surface area contributed by atoms with Crippen LogP contribution in [0.2, 0.25) is 0 Å². The Bertz CT molecular complexity index is 273. The summed E-state index contributed by atoms with van der Waals surface area (Å²) in [5.74, 6) is 0.903. The molecule has 0 aliphatic rings. The topological polar surface area (TPSA) is 35.2 Å². The second-order valence-corrected chi connectivity index (χ2v) is 4.02. The maximum absolute atomic E-state index is 5.60. The monoisotopic (exact) mass is 277 g/mol. The van der Waals surface area contributed by atoms with Gasteiger partial charge in [0.15, 0.2) is 0 Å². The second kappa shape index (κ2) is 3.98. The minimum absolute atomic E-state index is 0.210. The number of hydrogen-bond donors (Lipinski definition) is 1. The van der Waals surface area contributed by atoms with Crippen molar-refractivity contribution in [1.82, 2.24) is 0 Å².